The van der Waals surface area contributed by atoms with Gasteiger partial charge in [-0.15, -0.1) is 24.0 Å². The Morgan fingerprint density at radius 2 is 2.00 bits per heavy atom. The van der Waals surface area contributed by atoms with Crippen LogP contribution < -0.4 is 10.6 Å². The summed E-state index contributed by atoms with van der Waals surface area (Å²) in [7, 11) is -1.32. The number of oxazole rings is 1. The molecule has 0 saturated carbocycles. The zero-order valence-electron chi connectivity index (χ0n) is 15.5. The highest BCUT2D eigenvalue weighted by Gasteiger charge is 2.19. The van der Waals surface area contributed by atoms with Crippen LogP contribution in [0.3, 0.4) is 0 Å². The van der Waals surface area contributed by atoms with Gasteiger partial charge in [0, 0.05) is 25.3 Å². The number of ether oxygens (including phenoxy) is 1. The number of aliphatic imine (C=N–C) groups is 1. The van der Waals surface area contributed by atoms with E-state index >= 15 is 0 Å². The summed E-state index contributed by atoms with van der Waals surface area (Å²) >= 11 is 0. The molecule has 0 radical (unpaired) electrons. The largest absolute Gasteiger partial charge is 0.443 e. The van der Waals surface area contributed by atoms with Crippen molar-refractivity contribution >= 4 is 39.8 Å². The molecule has 0 atom stereocenters. The van der Waals surface area contributed by atoms with Crippen LogP contribution in [0.4, 0.5) is 0 Å². The number of guanidine groups is 1. The first-order valence-electron chi connectivity index (χ1n) is 7.77. The van der Waals surface area contributed by atoms with Crippen molar-refractivity contribution in [3.63, 3.8) is 0 Å². The molecule has 10 heteroatoms. The van der Waals surface area contributed by atoms with Gasteiger partial charge in [0.15, 0.2) is 5.96 Å². The summed E-state index contributed by atoms with van der Waals surface area (Å²) in [6.45, 7) is 7.72. The van der Waals surface area contributed by atoms with Crippen molar-refractivity contribution in [1.82, 2.24) is 15.6 Å². The number of hydrogen-bond acceptors (Lipinski definition) is 6. The maximum absolute atomic E-state index is 11.0. The number of halogens is 1. The lowest BCUT2D eigenvalue weighted by Gasteiger charge is -2.13. The summed E-state index contributed by atoms with van der Waals surface area (Å²) < 4.78 is 32.9. The van der Waals surface area contributed by atoms with Crippen LogP contribution in [0.1, 0.15) is 32.4 Å². The lowest BCUT2D eigenvalue weighted by atomic mass is 9.94. The lowest BCUT2D eigenvalue weighted by Crippen LogP contribution is -2.38. The van der Waals surface area contributed by atoms with Gasteiger partial charge < -0.3 is 19.8 Å². The summed E-state index contributed by atoms with van der Waals surface area (Å²) in [6.07, 6.45) is 2.93. The van der Waals surface area contributed by atoms with Gasteiger partial charge >= 0.3 is 0 Å². The summed E-state index contributed by atoms with van der Waals surface area (Å²) in [6, 6.07) is 0. The Morgan fingerprint density at radius 3 is 2.52 bits per heavy atom. The Hall–Kier alpha value is -0.880. The summed E-state index contributed by atoms with van der Waals surface area (Å²) in [5, 5.41) is 6.17. The van der Waals surface area contributed by atoms with Gasteiger partial charge in [-0.1, -0.05) is 20.8 Å². The van der Waals surface area contributed by atoms with Gasteiger partial charge in [0.05, 0.1) is 31.7 Å². The molecule has 1 aromatic rings. The molecule has 1 aromatic heterocycles. The molecule has 0 fully saturated rings. The standard InChI is InChI=1S/C15H28N4O4S.HI/c1-15(2,3)12-10-18-13(23-12)11-19-14(16-4)17-6-7-22-8-9-24(5,20)21;/h10H,6-9,11H2,1-5H3,(H2,16,17,19);1H. The smallest absolute Gasteiger partial charge is 0.213 e. The maximum Gasteiger partial charge on any atom is 0.213 e. The fraction of sp³-hybridized carbons (Fsp3) is 0.733. The van der Waals surface area contributed by atoms with Crippen molar-refractivity contribution in [3.05, 3.63) is 17.8 Å². The Kier molecular flexibility index (Phi) is 10.6. The van der Waals surface area contributed by atoms with E-state index < -0.39 is 9.84 Å². The third-order valence-corrected chi connectivity index (χ3v) is 3.97. The van der Waals surface area contributed by atoms with Gasteiger partial charge in [0.1, 0.15) is 15.6 Å². The Bertz CT molecular complexity index is 638. The van der Waals surface area contributed by atoms with Gasteiger partial charge in [0.2, 0.25) is 5.89 Å². The molecule has 0 bridgehead atoms. The first kappa shape index (κ1) is 24.1. The van der Waals surface area contributed by atoms with Crippen LogP contribution in [-0.2, 0) is 26.5 Å². The van der Waals surface area contributed by atoms with Crippen LogP contribution in [0.25, 0.3) is 0 Å². The molecule has 0 unspecified atom stereocenters. The summed E-state index contributed by atoms with van der Waals surface area (Å²) in [5.41, 5.74) is -0.0749. The van der Waals surface area contributed by atoms with Gasteiger partial charge in [-0.25, -0.2) is 13.4 Å². The van der Waals surface area contributed by atoms with Crippen molar-refractivity contribution in [1.29, 1.82) is 0 Å². The minimum absolute atomic E-state index is 0. The molecule has 0 saturated heterocycles. The average Bonchev–Trinajstić information content (AvgIpc) is 2.93. The van der Waals surface area contributed by atoms with Gasteiger partial charge in [-0.2, -0.15) is 0 Å². The molecule has 8 nitrogen and oxygen atoms in total. The second-order valence-electron chi connectivity index (χ2n) is 6.46. The molecule has 146 valence electrons. The van der Waals surface area contributed by atoms with Crippen molar-refractivity contribution in [2.45, 2.75) is 32.7 Å². The van der Waals surface area contributed by atoms with Crippen molar-refractivity contribution in [2.24, 2.45) is 4.99 Å². The number of nitrogens with zero attached hydrogens (tertiary/aromatic N) is 2. The van der Waals surface area contributed by atoms with Gasteiger partial charge in [0.25, 0.3) is 0 Å². The van der Waals surface area contributed by atoms with E-state index in [2.05, 4.69) is 41.4 Å². The van der Waals surface area contributed by atoms with Crippen LogP contribution in [0.15, 0.2) is 15.6 Å². The normalized spacial score (nSPS) is 12.6. The molecule has 0 spiro atoms. The predicted octanol–water partition coefficient (Wildman–Crippen LogP) is 1.32. The summed E-state index contributed by atoms with van der Waals surface area (Å²) in [5.74, 6) is 2.05. The Morgan fingerprint density at radius 1 is 1.32 bits per heavy atom. The highest BCUT2D eigenvalue weighted by molar-refractivity contribution is 14.0. The first-order chi connectivity index (χ1) is 11.1. The Labute approximate surface area is 167 Å². The van der Waals surface area contributed by atoms with Gasteiger partial charge in [-0.05, 0) is 0 Å². The number of sulfone groups is 1. The summed E-state index contributed by atoms with van der Waals surface area (Å²) in [4.78, 5) is 8.33. The van der Waals surface area contributed by atoms with E-state index in [1.54, 1.807) is 13.2 Å². The van der Waals surface area contributed by atoms with Crippen molar-refractivity contribution in [3.8, 4) is 0 Å². The van der Waals surface area contributed by atoms with E-state index in [0.29, 0.717) is 31.5 Å². The lowest BCUT2D eigenvalue weighted by molar-refractivity contribution is 0.154. The van der Waals surface area contributed by atoms with E-state index in [1.807, 2.05) is 0 Å². The van der Waals surface area contributed by atoms with Crippen molar-refractivity contribution in [2.75, 3.05) is 38.8 Å². The van der Waals surface area contributed by atoms with E-state index in [-0.39, 0.29) is 41.8 Å². The van der Waals surface area contributed by atoms with Crippen LogP contribution in [0.5, 0.6) is 0 Å². The zero-order valence-corrected chi connectivity index (χ0v) is 18.6. The van der Waals surface area contributed by atoms with Gasteiger partial charge in [-0.3, -0.25) is 4.99 Å². The Balaban J connectivity index is 0.00000576. The second-order valence-corrected chi connectivity index (χ2v) is 8.72. The predicted molar refractivity (Wildman–Crippen MR) is 109 cm³/mol. The molecule has 1 rings (SSSR count). The highest BCUT2D eigenvalue weighted by atomic mass is 127. The number of aromatic nitrogens is 1. The first-order valence-corrected chi connectivity index (χ1v) is 9.83. The molecular formula is C15H29IN4O4S. The quantitative estimate of drug-likeness (QED) is 0.246. The topological polar surface area (TPSA) is 106 Å². The molecule has 0 aliphatic rings. The maximum atomic E-state index is 11.0. The van der Waals surface area contributed by atoms with E-state index in [4.69, 9.17) is 9.15 Å². The molecule has 0 amide bonds. The minimum Gasteiger partial charge on any atom is -0.443 e. The third-order valence-electron chi connectivity index (χ3n) is 3.06. The van der Waals surface area contributed by atoms with E-state index in [9.17, 15) is 8.42 Å². The third kappa shape index (κ3) is 10.6. The fourth-order valence-corrected chi connectivity index (χ4v) is 2.09. The zero-order chi connectivity index (χ0) is 18.2. The van der Waals surface area contributed by atoms with E-state index in [0.717, 1.165) is 5.76 Å². The monoisotopic (exact) mass is 488 g/mol. The highest BCUT2D eigenvalue weighted by Crippen LogP contribution is 2.22. The molecule has 2 N–H and O–H groups in total. The molecular weight excluding hydrogens is 459 g/mol. The molecule has 0 aliphatic carbocycles. The molecule has 0 aliphatic heterocycles. The number of hydrogen-bond donors (Lipinski definition) is 2. The van der Waals surface area contributed by atoms with Crippen LogP contribution in [0.2, 0.25) is 0 Å². The second kappa shape index (κ2) is 11.0. The molecule has 25 heavy (non-hydrogen) atoms. The number of rotatable bonds is 8. The van der Waals surface area contributed by atoms with E-state index in [1.165, 1.54) is 6.26 Å². The van der Waals surface area contributed by atoms with Crippen LogP contribution in [-0.4, -0.2) is 58.2 Å². The fourth-order valence-electron chi connectivity index (χ4n) is 1.67. The van der Waals surface area contributed by atoms with Crippen LogP contribution in [0, 0.1) is 0 Å². The van der Waals surface area contributed by atoms with Crippen LogP contribution >= 0.6 is 24.0 Å². The SMILES string of the molecule is CN=C(NCCOCCS(C)(=O)=O)NCc1ncc(C(C)(C)C)o1.I. The van der Waals surface area contributed by atoms with Crippen molar-refractivity contribution < 1.29 is 17.6 Å². The number of nitrogens with one attached hydrogen (secondary N) is 2. The molecule has 0 aromatic carbocycles. The average molecular weight is 488 g/mol. The minimum atomic E-state index is -2.98. The molecule has 1 heterocycles.